The maximum absolute atomic E-state index is 12.7. The van der Waals surface area contributed by atoms with Crippen LogP contribution in [-0.2, 0) is 4.79 Å². The summed E-state index contributed by atoms with van der Waals surface area (Å²) in [6.45, 7) is 0.799. The smallest absolute Gasteiger partial charge is 0.275 e. The predicted molar refractivity (Wildman–Crippen MR) is 109 cm³/mol. The molecule has 1 atom stereocenters. The van der Waals surface area contributed by atoms with Gasteiger partial charge in [-0.2, -0.15) is 5.48 Å². The molecule has 3 aromatic rings. The molecule has 1 unspecified atom stereocenters. The summed E-state index contributed by atoms with van der Waals surface area (Å²) in [7, 11) is 0. The van der Waals surface area contributed by atoms with E-state index in [9.17, 15) is 4.79 Å². The van der Waals surface area contributed by atoms with Crippen LogP contribution in [0, 0.1) is 0 Å². The third-order valence-electron chi connectivity index (χ3n) is 4.79. The average molecular weight is 380 g/mol. The van der Waals surface area contributed by atoms with Gasteiger partial charge < -0.3 is 15.5 Å². The summed E-state index contributed by atoms with van der Waals surface area (Å²) < 4.78 is 0. The Morgan fingerprint density at radius 2 is 2.11 bits per heavy atom. The molecule has 3 N–H and O–H groups in total. The SMILES string of the molecule is Nc1nccc2ccc(N3CCCC3C(=O)NOc3ccccc3S)cc12. The number of thiol groups is 1. The Labute approximate surface area is 162 Å². The van der Waals surface area contributed by atoms with Gasteiger partial charge in [-0.25, -0.2) is 4.98 Å². The Balaban J connectivity index is 1.52. The van der Waals surface area contributed by atoms with Crippen molar-refractivity contribution in [3.63, 3.8) is 0 Å². The van der Waals surface area contributed by atoms with Gasteiger partial charge in [0, 0.05) is 28.7 Å². The lowest BCUT2D eigenvalue weighted by molar-refractivity contribution is -0.128. The number of fused-ring (bicyclic) bond motifs is 1. The summed E-state index contributed by atoms with van der Waals surface area (Å²) in [5.41, 5.74) is 9.53. The van der Waals surface area contributed by atoms with Crippen LogP contribution in [0.3, 0.4) is 0 Å². The van der Waals surface area contributed by atoms with Gasteiger partial charge >= 0.3 is 0 Å². The van der Waals surface area contributed by atoms with Crippen molar-refractivity contribution in [3.05, 3.63) is 54.7 Å². The van der Waals surface area contributed by atoms with E-state index < -0.39 is 0 Å². The number of anilines is 2. The van der Waals surface area contributed by atoms with Crippen molar-refractivity contribution >= 4 is 40.8 Å². The molecule has 27 heavy (non-hydrogen) atoms. The van der Waals surface area contributed by atoms with E-state index in [2.05, 4.69) is 28.0 Å². The number of carbonyl (C=O) groups is 1. The number of nitrogens with zero attached hydrogens (tertiary/aromatic N) is 2. The molecule has 1 aromatic heterocycles. The van der Waals surface area contributed by atoms with E-state index in [0.29, 0.717) is 16.5 Å². The molecule has 7 heteroatoms. The highest BCUT2D eigenvalue weighted by Crippen LogP contribution is 2.30. The summed E-state index contributed by atoms with van der Waals surface area (Å²) >= 11 is 4.32. The number of amides is 1. The molecule has 0 aliphatic carbocycles. The quantitative estimate of drug-likeness (QED) is 0.478. The van der Waals surface area contributed by atoms with Gasteiger partial charge in [-0.1, -0.05) is 18.2 Å². The van der Waals surface area contributed by atoms with Gasteiger partial charge in [0.15, 0.2) is 5.75 Å². The summed E-state index contributed by atoms with van der Waals surface area (Å²) in [6.07, 6.45) is 3.39. The molecule has 0 spiro atoms. The molecule has 1 aliphatic rings. The highest BCUT2D eigenvalue weighted by atomic mass is 32.1. The van der Waals surface area contributed by atoms with Gasteiger partial charge in [0.2, 0.25) is 0 Å². The minimum Gasteiger partial charge on any atom is -0.383 e. The summed E-state index contributed by atoms with van der Waals surface area (Å²) in [5, 5.41) is 1.92. The molecule has 1 saturated heterocycles. The van der Waals surface area contributed by atoms with E-state index in [0.717, 1.165) is 35.8 Å². The fourth-order valence-corrected chi connectivity index (χ4v) is 3.63. The Morgan fingerprint density at radius 1 is 1.26 bits per heavy atom. The fraction of sp³-hybridized carbons (Fsp3) is 0.200. The van der Waals surface area contributed by atoms with Crippen molar-refractivity contribution in [2.45, 2.75) is 23.8 Å². The average Bonchev–Trinajstić information content (AvgIpc) is 3.17. The van der Waals surface area contributed by atoms with Crippen molar-refractivity contribution in [1.29, 1.82) is 0 Å². The second kappa shape index (κ2) is 7.36. The monoisotopic (exact) mass is 380 g/mol. The third-order valence-corrected chi connectivity index (χ3v) is 5.16. The molecule has 2 aromatic carbocycles. The molecule has 4 rings (SSSR count). The number of nitrogens with two attached hydrogens (primary N) is 1. The number of hydrogen-bond acceptors (Lipinski definition) is 6. The summed E-state index contributed by atoms with van der Waals surface area (Å²) in [5.74, 6) is 0.829. The van der Waals surface area contributed by atoms with E-state index in [4.69, 9.17) is 10.6 Å². The van der Waals surface area contributed by atoms with Crippen molar-refractivity contribution in [2.75, 3.05) is 17.2 Å². The molecular weight excluding hydrogens is 360 g/mol. The van der Waals surface area contributed by atoms with Crippen molar-refractivity contribution in [1.82, 2.24) is 10.5 Å². The maximum atomic E-state index is 12.7. The zero-order valence-electron chi connectivity index (χ0n) is 14.6. The first-order valence-corrected chi connectivity index (χ1v) is 9.24. The van der Waals surface area contributed by atoms with E-state index in [1.54, 1.807) is 18.3 Å². The van der Waals surface area contributed by atoms with Crippen LogP contribution in [0.25, 0.3) is 10.8 Å². The van der Waals surface area contributed by atoms with E-state index in [1.165, 1.54) is 0 Å². The number of benzene rings is 2. The van der Waals surface area contributed by atoms with Crippen molar-refractivity contribution in [3.8, 4) is 5.75 Å². The van der Waals surface area contributed by atoms with E-state index >= 15 is 0 Å². The molecule has 0 saturated carbocycles. The van der Waals surface area contributed by atoms with Gasteiger partial charge in [-0.3, -0.25) is 4.79 Å². The molecule has 138 valence electrons. The maximum Gasteiger partial charge on any atom is 0.275 e. The first-order valence-electron chi connectivity index (χ1n) is 8.79. The molecule has 1 amide bonds. The fourth-order valence-electron chi connectivity index (χ4n) is 3.42. The second-order valence-electron chi connectivity index (χ2n) is 6.49. The molecular formula is C20H20N4O2S. The minimum absolute atomic E-state index is 0.177. The number of hydrogen-bond donors (Lipinski definition) is 3. The van der Waals surface area contributed by atoms with Crippen molar-refractivity contribution in [2.24, 2.45) is 0 Å². The number of pyridine rings is 1. The minimum atomic E-state index is -0.299. The second-order valence-corrected chi connectivity index (χ2v) is 6.97. The van der Waals surface area contributed by atoms with Gasteiger partial charge in [0.1, 0.15) is 11.9 Å². The zero-order chi connectivity index (χ0) is 18.8. The molecule has 1 aliphatic heterocycles. The van der Waals surface area contributed by atoms with E-state index in [1.807, 2.05) is 36.4 Å². The first kappa shape index (κ1) is 17.5. The Hall–Kier alpha value is -2.93. The summed E-state index contributed by atoms with van der Waals surface area (Å²) in [6, 6.07) is 14.9. The van der Waals surface area contributed by atoms with Gasteiger partial charge in [0.05, 0.1) is 0 Å². The number of nitrogen functional groups attached to an aromatic ring is 1. The first-order chi connectivity index (χ1) is 13.1. The Morgan fingerprint density at radius 3 is 2.96 bits per heavy atom. The number of hydroxylamine groups is 1. The van der Waals surface area contributed by atoms with Gasteiger partial charge in [-0.05, 0) is 48.6 Å². The number of nitrogens with one attached hydrogen (secondary N) is 1. The van der Waals surface area contributed by atoms with Crippen molar-refractivity contribution < 1.29 is 9.63 Å². The van der Waals surface area contributed by atoms with E-state index in [-0.39, 0.29) is 11.9 Å². The molecule has 1 fully saturated rings. The number of rotatable bonds is 4. The van der Waals surface area contributed by atoms with Crippen LogP contribution in [0.15, 0.2) is 59.6 Å². The van der Waals surface area contributed by atoms with Crippen LogP contribution in [0.2, 0.25) is 0 Å². The number of para-hydroxylation sites is 1. The topological polar surface area (TPSA) is 80.5 Å². The standard InChI is InChI=1S/C20H20N4O2S/c21-19-15-12-14(8-7-13(15)9-10-22-19)24-11-3-4-16(24)20(25)23-26-17-5-1-2-6-18(17)27/h1-2,5-10,12,16,27H,3-4,11H2,(H2,21,22)(H,23,25). The van der Waals surface area contributed by atoms with Crippen LogP contribution in [-0.4, -0.2) is 23.5 Å². The normalized spacial score (nSPS) is 16.5. The van der Waals surface area contributed by atoms with Crippen LogP contribution in [0.1, 0.15) is 12.8 Å². The molecule has 0 radical (unpaired) electrons. The lowest BCUT2D eigenvalue weighted by Crippen LogP contribution is -2.44. The predicted octanol–water partition coefficient (Wildman–Crippen LogP) is 3.18. The van der Waals surface area contributed by atoms with Crippen LogP contribution in [0.4, 0.5) is 11.5 Å². The molecule has 6 nitrogen and oxygen atoms in total. The highest BCUT2D eigenvalue weighted by Gasteiger charge is 2.31. The number of carbonyl (C=O) groups excluding carboxylic acids is 1. The molecule has 2 heterocycles. The van der Waals surface area contributed by atoms with Crippen LogP contribution in [0.5, 0.6) is 5.75 Å². The largest absolute Gasteiger partial charge is 0.383 e. The van der Waals surface area contributed by atoms with Gasteiger partial charge in [-0.15, -0.1) is 12.6 Å². The summed E-state index contributed by atoms with van der Waals surface area (Å²) in [4.78, 5) is 25.1. The third kappa shape index (κ3) is 3.50. The Bertz CT molecular complexity index is 995. The lowest BCUT2D eigenvalue weighted by Gasteiger charge is -2.26. The Kier molecular flexibility index (Phi) is 4.77. The zero-order valence-corrected chi connectivity index (χ0v) is 15.5. The van der Waals surface area contributed by atoms with Crippen LogP contribution < -0.4 is 21.0 Å². The number of aromatic nitrogens is 1. The highest BCUT2D eigenvalue weighted by molar-refractivity contribution is 7.80. The van der Waals surface area contributed by atoms with Gasteiger partial charge in [0.25, 0.3) is 5.91 Å². The lowest BCUT2D eigenvalue weighted by atomic mass is 10.1. The van der Waals surface area contributed by atoms with Crippen LogP contribution >= 0.6 is 12.6 Å². The molecule has 0 bridgehead atoms.